The highest BCUT2D eigenvalue weighted by Crippen LogP contribution is 2.26. The van der Waals surface area contributed by atoms with Crippen LogP contribution in [0.5, 0.6) is 5.75 Å². The van der Waals surface area contributed by atoms with Crippen molar-refractivity contribution in [2.24, 2.45) is 5.16 Å². The zero-order chi connectivity index (χ0) is 22.3. The summed E-state index contributed by atoms with van der Waals surface area (Å²) in [5.41, 5.74) is 2.41. The van der Waals surface area contributed by atoms with Gasteiger partial charge in [-0.2, -0.15) is 0 Å². The first-order chi connectivity index (χ1) is 14.9. The Morgan fingerprint density at radius 2 is 1.71 bits per heavy atom. The second-order valence-electron chi connectivity index (χ2n) is 6.79. The number of methoxy groups -OCH3 is 1. The van der Waals surface area contributed by atoms with E-state index in [0.29, 0.717) is 10.6 Å². The maximum atomic E-state index is 12.7. The van der Waals surface area contributed by atoms with Gasteiger partial charge in [-0.1, -0.05) is 52.7 Å². The van der Waals surface area contributed by atoms with Crippen molar-refractivity contribution in [2.45, 2.75) is 17.9 Å². The lowest BCUT2D eigenvalue weighted by Gasteiger charge is -2.17. The number of halogens is 1. The summed E-state index contributed by atoms with van der Waals surface area (Å²) in [6.07, 6.45) is 0.820. The molecule has 8 heteroatoms. The number of rotatable bonds is 9. The Labute approximate surface area is 187 Å². The maximum absolute atomic E-state index is 12.7. The van der Waals surface area contributed by atoms with Crippen LogP contribution in [0.15, 0.2) is 82.8 Å². The number of sulfonamides is 1. The number of oxime groups is 1. The molecule has 0 bridgehead atoms. The molecule has 0 aliphatic carbocycles. The molecule has 0 spiro atoms. The summed E-state index contributed by atoms with van der Waals surface area (Å²) < 4.78 is 33.1. The summed E-state index contributed by atoms with van der Waals surface area (Å²) in [6.45, 7) is 1.85. The van der Waals surface area contributed by atoms with E-state index >= 15 is 0 Å². The largest absolute Gasteiger partial charge is 0.497 e. The third kappa shape index (κ3) is 6.30. The maximum Gasteiger partial charge on any atom is 0.240 e. The van der Waals surface area contributed by atoms with Crippen molar-refractivity contribution in [3.63, 3.8) is 0 Å². The molecule has 0 saturated heterocycles. The number of aryl methyl sites for hydroxylation is 1. The van der Waals surface area contributed by atoms with Crippen LogP contribution >= 0.6 is 11.6 Å². The van der Waals surface area contributed by atoms with Gasteiger partial charge >= 0.3 is 0 Å². The lowest BCUT2D eigenvalue weighted by Crippen LogP contribution is -2.29. The van der Waals surface area contributed by atoms with Crippen molar-refractivity contribution in [2.75, 3.05) is 13.7 Å². The summed E-state index contributed by atoms with van der Waals surface area (Å²) in [4.78, 5) is 5.83. The monoisotopic (exact) mass is 458 g/mol. The van der Waals surface area contributed by atoms with Gasteiger partial charge in [-0.3, -0.25) is 0 Å². The van der Waals surface area contributed by atoms with E-state index in [1.54, 1.807) is 55.6 Å². The first kappa shape index (κ1) is 22.8. The quantitative estimate of drug-likeness (QED) is 0.371. The molecule has 3 aromatic carbocycles. The van der Waals surface area contributed by atoms with E-state index in [1.165, 1.54) is 6.21 Å². The van der Waals surface area contributed by atoms with Gasteiger partial charge < -0.3 is 9.57 Å². The van der Waals surface area contributed by atoms with Crippen LogP contribution in [-0.4, -0.2) is 28.3 Å². The van der Waals surface area contributed by atoms with Gasteiger partial charge in [0, 0.05) is 10.6 Å². The fourth-order valence-corrected chi connectivity index (χ4v) is 4.07. The molecular weight excluding hydrogens is 436 g/mol. The van der Waals surface area contributed by atoms with Gasteiger partial charge in [0.15, 0.2) is 6.10 Å². The van der Waals surface area contributed by atoms with Gasteiger partial charge in [0.1, 0.15) is 5.75 Å². The molecule has 0 radical (unpaired) electrons. The van der Waals surface area contributed by atoms with Crippen molar-refractivity contribution in [3.05, 3.63) is 94.5 Å². The SMILES string of the molecule is COc1ccc(/C=N/OC(CNS(=O)(=O)c2ccc(C)cc2)c2ccccc2Cl)cc1. The molecule has 1 atom stereocenters. The summed E-state index contributed by atoms with van der Waals surface area (Å²) >= 11 is 6.31. The number of ether oxygens (including phenoxy) is 1. The van der Waals surface area contributed by atoms with E-state index in [-0.39, 0.29) is 11.4 Å². The van der Waals surface area contributed by atoms with Crippen molar-refractivity contribution in [1.82, 2.24) is 4.72 Å². The molecule has 3 rings (SSSR count). The Morgan fingerprint density at radius 3 is 2.35 bits per heavy atom. The van der Waals surface area contributed by atoms with Crippen LogP contribution in [0.4, 0.5) is 0 Å². The standard InChI is InChI=1S/C23H23ClN2O4S/c1-17-7-13-20(14-8-17)31(27,28)26-16-23(21-5-3-4-6-22(21)24)30-25-15-18-9-11-19(29-2)12-10-18/h3-15,23,26H,16H2,1-2H3/b25-15+. The number of hydrogen-bond acceptors (Lipinski definition) is 5. The molecule has 0 fully saturated rings. The van der Waals surface area contributed by atoms with Crippen LogP contribution in [0.3, 0.4) is 0 Å². The first-order valence-corrected chi connectivity index (χ1v) is 11.4. The second-order valence-corrected chi connectivity index (χ2v) is 8.96. The fourth-order valence-electron chi connectivity index (χ4n) is 2.78. The molecule has 1 N–H and O–H groups in total. The van der Waals surface area contributed by atoms with E-state index in [9.17, 15) is 8.42 Å². The Hall–Kier alpha value is -2.87. The summed E-state index contributed by atoms with van der Waals surface area (Å²) in [5, 5.41) is 4.50. The van der Waals surface area contributed by atoms with Gasteiger partial charge in [-0.05, 0) is 55.0 Å². The molecule has 3 aromatic rings. The van der Waals surface area contributed by atoms with E-state index < -0.39 is 16.1 Å². The van der Waals surface area contributed by atoms with E-state index in [2.05, 4.69) is 9.88 Å². The minimum absolute atomic E-state index is 0.0418. The lowest BCUT2D eigenvalue weighted by atomic mass is 10.1. The Balaban J connectivity index is 1.76. The average Bonchev–Trinajstić information content (AvgIpc) is 2.77. The van der Waals surface area contributed by atoms with Crippen LogP contribution in [0, 0.1) is 6.92 Å². The minimum atomic E-state index is -3.72. The molecule has 0 aromatic heterocycles. The van der Waals surface area contributed by atoms with E-state index in [0.717, 1.165) is 16.9 Å². The van der Waals surface area contributed by atoms with Crippen LogP contribution < -0.4 is 9.46 Å². The highest BCUT2D eigenvalue weighted by atomic mass is 35.5. The highest BCUT2D eigenvalue weighted by Gasteiger charge is 2.21. The molecule has 162 valence electrons. The van der Waals surface area contributed by atoms with Gasteiger partial charge in [0.2, 0.25) is 10.0 Å². The third-order valence-electron chi connectivity index (χ3n) is 4.55. The Morgan fingerprint density at radius 1 is 1.03 bits per heavy atom. The molecule has 1 unspecified atom stereocenters. The smallest absolute Gasteiger partial charge is 0.240 e. The molecule has 0 heterocycles. The molecule has 0 aliphatic rings. The summed E-state index contributed by atoms with van der Waals surface area (Å²) in [7, 11) is -2.12. The minimum Gasteiger partial charge on any atom is -0.497 e. The molecule has 0 saturated carbocycles. The molecule has 31 heavy (non-hydrogen) atoms. The zero-order valence-corrected chi connectivity index (χ0v) is 18.7. The Kier molecular flexibility index (Phi) is 7.68. The number of nitrogens with zero attached hydrogens (tertiary/aromatic N) is 1. The zero-order valence-electron chi connectivity index (χ0n) is 17.2. The average molecular weight is 459 g/mol. The molecule has 0 aliphatic heterocycles. The van der Waals surface area contributed by atoms with Crippen molar-refractivity contribution in [1.29, 1.82) is 0 Å². The van der Waals surface area contributed by atoms with Crippen LogP contribution in [0.25, 0.3) is 0 Å². The number of hydrogen-bond donors (Lipinski definition) is 1. The van der Waals surface area contributed by atoms with Gasteiger partial charge in [-0.15, -0.1) is 0 Å². The van der Waals surface area contributed by atoms with Gasteiger partial charge in [-0.25, -0.2) is 13.1 Å². The molecule has 0 amide bonds. The Bertz CT molecular complexity index is 1130. The van der Waals surface area contributed by atoms with Gasteiger partial charge in [0.25, 0.3) is 0 Å². The van der Waals surface area contributed by atoms with Crippen molar-refractivity contribution >= 4 is 27.8 Å². The fraction of sp³-hybridized carbons (Fsp3) is 0.174. The van der Waals surface area contributed by atoms with Crippen LogP contribution in [0.2, 0.25) is 5.02 Å². The second kappa shape index (κ2) is 10.4. The number of nitrogens with one attached hydrogen (secondary N) is 1. The first-order valence-electron chi connectivity index (χ1n) is 9.53. The van der Waals surface area contributed by atoms with Crippen molar-refractivity contribution in [3.8, 4) is 5.75 Å². The predicted molar refractivity (Wildman–Crippen MR) is 122 cm³/mol. The van der Waals surface area contributed by atoms with Crippen LogP contribution in [-0.2, 0) is 14.9 Å². The lowest BCUT2D eigenvalue weighted by molar-refractivity contribution is 0.0635. The molecule has 6 nitrogen and oxygen atoms in total. The predicted octanol–water partition coefficient (Wildman–Crippen LogP) is 4.73. The van der Waals surface area contributed by atoms with Gasteiger partial charge in [0.05, 0.1) is 24.8 Å². The summed E-state index contributed by atoms with van der Waals surface area (Å²) in [6, 6.07) is 21.0. The van der Waals surface area contributed by atoms with E-state index in [4.69, 9.17) is 21.2 Å². The van der Waals surface area contributed by atoms with Crippen LogP contribution in [0.1, 0.15) is 22.8 Å². The topological polar surface area (TPSA) is 77.0 Å². The molecular formula is C23H23ClN2O4S. The highest BCUT2D eigenvalue weighted by molar-refractivity contribution is 7.89. The summed E-state index contributed by atoms with van der Waals surface area (Å²) in [5.74, 6) is 0.734. The number of benzene rings is 3. The van der Waals surface area contributed by atoms with Crippen molar-refractivity contribution < 1.29 is 18.0 Å². The normalized spacial score (nSPS) is 12.6. The third-order valence-corrected chi connectivity index (χ3v) is 6.33. The van der Waals surface area contributed by atoms with E-state index in [1.807, 2.05) is 31.2 Å².